The fourth-order valence-electron chi connectivity index (χ4n) is 1.23. The van der Waals surface area contributed by atoms with Crippen molar-refractivity contribution in [3.05, 3.63) is 43.7 Å². The van der Waals surface area contributed by atoms with Gasteiger partial charge in [0.2, 0.25) is 5.88 Å². The summed E-state index contributed by atoms with van der Waals surface area (Å²) in [7, 11) is 0. The molecule has 0 aliphatic heterocycles. The number of thiophene rings is 1. The van der Waals surface area contributed by atoms with Crippen molar-refractivity contribution in [3.8, 4) is 5.88 Å². The highest BCUT2D eigenvalue weighted by Gasteiger charge is 2.08. The van der Waals surface area contributed by atoms with E-state index in [2.05, 4.69) is 11.1 Å². The topological polar surface area (TPSA) is 22.1 Å². The maximum Gasteiger partial charge on any atom is 0.234 e. The Morgan fingerprint density at radius 2 is 2.06 bits per heavy atom. The highest BCUT2D eigenvalue weighted by atomic mass is 35.5. The Hall–Kier alpha value is -0.480. The maximum atomic E-state index is 5.93. The summed E-state index contributed by atoms with van der Waals surface area (Å²) < 4.78 is 5.47. The lowest BCUT2D eigenvalue weighted by Gasteiger charge is -2.07. The number of nitrogens with zero attached hydrogens (tertiary/aromatic N) is 1. The zero-order valence-electron chi connectivity index (χ0n) is 8.62. The molecule has 0 spiro atoms. The molecule has 0 aliphatic carbocycles. The van der Waals surface area contributed by atoms with Crippen molar-refractivity contribution >= 4 is 46.1 Å². The molecule has 0 aliphatic rings. The van der Waals surface area contributed by atoms with E-state index >= 15 is 0 Å². The van der Waals surface area contributed by atoms with Gasteiger partial charge in [-0.3, -0.25) is 0 Å². The van der Waals surface area contributed by atoms with Gasteiger partial charge >= 0.3 is 0 Å². The molecule has 90 valence electrons. The van der Waals surface area contributed by atoms with E-state index in [0.717, 1.165) is 6.42 Å². The highest BCUT2D eigenvalue weighted by Crippen LogP contribution is 2.30. The number of hydrogen-bond acceptors (Lipinski definition) is 3. The molecule has 2 heterocycles. The summed E-state index contributed by atoms with van der Waals surface area (Å²) in [6, 6.07) is 5.58. The van der Waals surface area contributed by atoms with Gasteiger partial charge in [0.1, 0.15) is 5.02 Å². The van der Waals surface area contributed by atoms with Crippen LogP contribution in [-0.4, -0.2) is 11.6 Å². The second-order valence-corrected chi connectivity index (χ2v) is 5.43. The van der Waals surface area contributed by atoms with Crippen molar-refractivity contribution < 1.29 is 4.74 Å². The van der Waals surface area contributed by atoms with Crippen molar-refractivity contribution in [2.75, 3.05) is 6.61 Å². The lowest BCUT2D eigenvalue weighted by atomic mass is 10.4. The molecule has 17 heavy (non-hydrogen) atoms. The van der Waals surface area contributed by atoms with Crippen LogP contribution in [0.2, 0.25) is 15.2 Å². The number of ether oxygens (including phenoxy) is 1. The maximum absolute atomic E-state index is 5.93. The first-order chi connectivity index (χ1) is 8.16. The summed E-state index contributed by atoms with van der Waals surface area (Å²) in [5, 5.41) is 2.91. The summed E-state index contributed by atoms with van der Waals surface area (Å²) in [5.41, 5.74) is 0. The van der Waals surface area contributed by atoms with E-state index in [1.165, 1.54) is 10.9 Å². The van der Waals surface area contributed by atoms with Crippen LogP contribution in [0.15, 0.2) is 23.6 Å². The van der Waals surface area contributed by atoms with Gasteiger partial charge in [-0.25, -0.2) is 0 Å². The minimum atomic E-state index is 0.196. The lowest BCUT2D eigenvalue weighted by Crippen LogP contribution is -2.02. The summed E-state index contributed by atoms with van der Waals surface area (Å²) in [5.74, 6) is 0.317. The van der Waals surface area contributed by atoms with Crippen LogP contribution in [0.25, 0.3) is 0 Å². The molecule has 6 heteroatoms. The van der Waals surface area contributed by atoms with Gasteiger partial charge in [-0.15, -0.1) is 11.3 Å². The van der Waals surface area contributed by atoms with E-state index in [0.29, 0.717) is 22.5 Å². The molecule has 0 saturated carbocycles. The molecule has 0 fully saturated rings. The van der Waals surface area contributed by atoms with Crippen LogP contribution in [0, 0.1) is 0 Å². The first-order valence-electron chi connectivity index (χ1n) is 4.83. The molecule has 0 unspecified atom stereocenters. The van der Waals surface area contributed by atoms with Crippen LogP contribution in [0.4, 0.5) is 0 Å². The van der Waals surface area contributed by atoms with Gasteiger partial charge < -0.3 is 4.74 Å². The molecule has 2 rings (SSSR count). The van der Waals surface area contributed by atoms with Gasteiger partial charge in [-0.05, 0) is 17.5 Å². The SMILES string of the molecule is Clc1cc(Cl)c(OCCc2cccs2)nc1Cl. The molecule has 0 aromatic carbocycles. The lowest BCUT2D eigenvalue weighted by molar-refractivity contribution is 0.311. The fourth-order valence-corrected chi connectivity index (χ4v) is 2.47. The number of rotatable bonds is 4. The Bertz CT molecular complexity index is 502. The van der Waals surface area contributed by atoms with E-state index in [4.69, 9.17) is 39.5 Å². The van der Waals surface area contributed by atoms with Gasteiger partial charge in [0, 0.05) is 11.3 Å². The smallest absolute Gasteiger partial charge is 0.234 e. The average Bonchev–Trinajstić information content (AvgIpc) is 2.78. The Labute approximate surface area is 118 Å². The predicted octanol–water partition coefficient (Wildman–Crippen LogP) is 4.72. The van der Waals surface area contributed by atoms with Gasteiger partial charge in [0.15, 0.2) is 5.15 Å². The molecule has 0 bridgehead atoms. The quantitative estimate of drug-likeness (QED) is 0.762. The second-order valence-electron chi connectivity index (χ2n) is 3.23. The van der Waals surface area contributed by atoms with E-state index in [9.17, 15) is 0 Å². The van der Waals surface area contributed by atoms with E-state index in [-0.39, 0.29) is 5.15 Å². The molecular weight excluding hydrogens is 301 g/mol. The van der Waals surface area contributed by atoms with Crippen molar-refractivity contribution in [3.63, 3.8) is 0 Å². The monoisotopic (exact) mass is 307 g/mol. The van der Waals surface area contributed by atoms with Crippen molar-refractivity contribution in [2.45, 2.75) is 6.42 Å². The highest BCUT2D eigenvalue weighted by molar-refractivity contribution is 7.09. The minimum absolute atomic E-state index is 0.196. The molecule has 0 saturated heterocycles. The number of halogens is 3. The molecule has 0 N–H and O–H groups in total. The average molecular weight is 309 g/mol. The first-order valence-corrected chi connectivity index (χ1v) is 6.85. The summed E-state index contributed by atoms with van der Waals surface area (Å²) in [4.78, 5) is 5.22. The fraction of sp³-hybridized carbons (Fsp3) is 0.182. The number of aromatic nitrogens is 1. The van der Waals surface area contributed by atoms with Crippen molar-refractivity contribution in [1.29, 1.82) is 0 Å². The molecule has 2 aromatic rings. The van der Waals surface area contributed by atoms with Crippen LogP contribution in [-0.2, 0) is 6.42 Å². The Morgan fingerprint density at radius 1 is 1.24 bits per heavy atom. The largest absolute Gasteiger partial charge is 0.476 e. The van der Waals surface area contributed by atoms with Crippen LogP contribution in [0.1, 0.15) is 4.88 Å². The van der Waals surface area contributed by atoms with Gasteiger partial charge in [0.25, 0.3) is 0 Å². The van der Waals surface area contributed by atoms with Crippen LogP contribution in [0.5, 0.6) is 5.88 Å². The van der Waals surface area contributed by atoms with Crippen LogP contribution >= 0.6 is 46.1 Å². The zero-order chi connectivity index (χ0) is 12.3. The summed E-state index contributed by atoms with van der Waals surface area (Å²) >= 11 is 19.2. The van der Waals surface area contributed by atoms with E-state index < -0.39 is 0 Å². The summed E-state index contributed by atoms with van der Waals surface area (Å²) in [6.07, 6.45) is 0.815. The number of pyridine rings is 1. The molecule has 0 radical (unpaired) electrons. The minimum Gasteiger partial charge on any atom is -0.476 e. The number of hydrogen-bond donors (Lipinski definition) is 0. The third kappa shape index (κ3) is 3.49. The molecule has 2 nitrogen and oxygen atoms in total. The Balaban J connectivity index is 1.97. The van der Waals surface area contributed by atoms with Gasteiger partial charge in [0.05, 0.1) is 11.6 Å². The second kappa shape index (κ2) is 5.91. The molecule has 0 amide bonds. The molecular formula is C11H8Cl3NOS. The standard InChI is InChI=1S/C11H8Cl3NOS/c12-8-6-9(13)11(15-10(8)14)16-4-3-7-2-1-5-17-7/h1-2,5-6H,3-4H2. The van der Waals surface area contributed by atoms with E-state index in [1.807, 2.05) is 11.4 Å². The van der Waals surface area contributed by atoms with Gasteiger partial charge in [-0.1, -0.05) is 40.9 Å². The van der Waals surface area contributed by atoms with Crippen molar-refractivity contribution in [1.82, 2.24) is 4.98 Å². The summed E-state index contributed by atoms with van der Waals surface area (Å²) in [6.45, 7) is 0.505. The van der Waals surface area contributed by atoms with Gasteiger partial charge in [-0.2, -0.15) is 4.98 Å². The predicted molar refractivity (Wildman–Crippen MR) is 72.8 cm³/mol. The zero-order valence-corrected chi connectivity index (χ0v) is 11.7. The first kappa shape index (κ1) is 13.0. The van der Waals surface area contributed by atoms with E-state index in [1.54, 1.807) is 11.3 Å². The van der Waals surface area contributed by atoms with Crippen molar-refractivity contribution in [2.24, 2.45) is 0 Å². The van der Waals surface area contributed by atoms with Crippen LogP contribution in [0.3, 0.4) is 0 Å². The third-order valence-corrected chi connectivity index (χ3v) is 3.90. The molecule has 2 aromatic heterocycles. The Morgan fingerprint density at radius 3 is 2.76 bits per heavy atom. The third-order valence-electron chi connectivity index (χ3n) is 2.02. The normalized spacial score (nSPS) is 10.5. The Kier molecular flexibility index (Phi) is 4.51. The van der Waals surface area contributed by atoms with Crippen LogP contribution < -0.4 is 4.74 Å². The molecule has 0 atom stereocenters.